The fraction of sp³-hybridized carbons (Fsp3) is 0.167. The average molecular weight is 263 g/mol. The molecule has 0 bridgehead atoms. The molecule has 4 N–H and O–H groups in total. The first kappa shape index (κ1) is 12.4. The monoisotopic (exact) mass is 263 g/mol. The zero-order valence-corrected chi connectivity index (χ0v) is 10.7. The molecule has 0 aliphatic rings. The third-order valence-corrected chi connectivity index (χ3v) is 3.05. The number of esters is 1. The van der Waals surface area contributed by atoms with E-state index in [0.29, 0.717) is 16.9 Å². The predicted octanol–water partition coefficient (Wildman–Crippen LogP) is 1.97. The van der Waals surface area contributed by atoms with Crippen molar-refractivity contribution in [3.63, 3.8) is 0 Å². The fourth-order valence-corrected chi connectivity index (χ4v) is 2.09. The molecule has 0 fully saturated rings. The highest BCUT2D eigenvalue weighted by Gasteiger charge is 2.10. The number of nitrogens with zero attached hydrogens (tertiary/aromatic N) is 1. The van der Waals surface area contributed by atoms with Crippen molar-refractivity contribution in [2.75, 3.05) is 11.5 Å². The van der Waals surface area contributed by atoms with Crippen LogP contribution in [0.15, 0.2) is 23.6 Å². The van der Waals surface area contributed by atoms with Crippen LogP contribution in [0.3, 0.4) is 0 Å². The van der Waals surface area contributed by atoms with Crippen LogP contribution in [0.5, 0.6) is 0 Å². The van der Waals surface area contributed by atoms with Gasteiger partial charge < -0.3 is 16.2 Å². The van der Waals surface area contributed by atoms with Gasteiger partial charge in [0.2, 0.25) is 0 Å². The molecule has 2 rings (SSSR count). The van der Waals surface area contributed by atoms with Crippen LogP contribution >= 0.6 is 11.3 Å². The SMILES string of the molecule is Cc1nc(COC(=O)c2cc(N)cc(N)c2)cs1. The molecule has 1 aromatic carbocycles. The second-order valence-electron chi connectivity index (χ2n) is 3.82. The van der Waals surface area contributed by atoms with Crippen LogP contribution in [-0.2, 0) is 11.3 Å². The number of carbonyl (C=O) groups excluding carboxylic acids is 1. The zero-order valence-electron chi connectivity index (χ0n) is 9.84. The van der Waals surface area contributed by atoms with Gasteiger partial charge in [-0.2, -0.15) is 0 Å². The lowest BCUT2D eigenvalue weighted by molar-refractivity contribution is 0.0468. The number of ether oxygens (including phenoxy) is 1. The standard InChI is InChI=1S/C12H13N3O2S/c1-7-15-11(6-18-7)5-17-12(16)8-2-9(13)4-10(14)3-8/h2-4,6H,5,13-14H2,1H3. The van der Waals surface area contributed by atoms with Gasteiger partial charge in [0.05, 0.1) is 16.3 Å². The summed E-state index contributed by atoms with van der Waals surface area (Å²) in [6.45, 7) is 2.05. The Morgan fingerprint density at radius 1 is 1.33 bits per heavy atom. The maximum atomic E-state index is 11.8. The van der Waals surface area contributed by atoms with E-state index in [-0.39, 0.29) is 6.61 Å². The number of carbonyl (C=O) groups is 1. The summed E-state index contributed by atoms with van der Waals surface area (Å²) in [6.07, 6.45) is 0. The molecule has 2 aromatic rings. The Morgan fingerprint density at radius 3 is 2.56 bits per heavy atom. The van der Waals surface area contributed by atoms with E-state index in [1.165, 1.54) is 23.5 Å². The predicted molar refractivity (Wildman–Crippen MR) is 71.2 cm³/mol. The molecule has 0 spiro atoms. The largest absolute Gasteiger partial charge is 0.456 e. The molecular formula is C12H13N3O2S. The number of aryl methyl sites for hydroxylation is 1. The van der Waals surface area contributed by atoms with E-state index in [1.54, 1.807) is 6.07 Å². The third kappa shape index (κ3) is 2.98. The molecule has 0 saturated heterocycles. The Hall–Kier alpha value is -2.08. The fourth-order valence-electron chi connectivity index (χ4n) is 1.49. The number of hydrogen-bond donors (Lipinski definition) is 2. The van der Waals surface area contributed by atoms with E-state index >= 15 is 0 Å². The minimum absolute atomic E-state index is 0.151. The van der Waals surface area contributed by atoms with Crippen molar-refractivity contribution in [3.8, 4) is 0 Å². The lowest BCUT2D eigenvalue weighted by Crippen LogP contribution is -2.07. The highest BCUT2D eigenvalue weighted by atomic mass is 32.1. The van der Waals surface area contributed by atoms with E-state index in [1.807, 2.05) is 12.3 Å². The number of benzene rings is 1. The van der Waals surface area contributed by atoms with Gasteiger partial charge >= 0.3 is 5.97 Å². The number of thiazole rings is 1. The molecule has 94 valence electrons. The number of nitrogen functional groups attached to an aromatic ring is 2. The normalized spacial score (nSPS) is 10.3. The number of aromatic nitrogens is 1. The Morgan fingerprint density at radius 2 is 2.00 bits per heavy atom. The minimum Gasteiger partial charge on any atom is -0.456 e. The molecule has 0 unspecified atom stereocenters. The molecule has 1 heterocycles. The molecule has 0 amide bonds. The Labute approximate surface area is 108 Å². The zero-order chi connectivity index (χ0) is 13.1. The highest BCUT2D eigenvalue weighted by molar-refractivity contribution is 7.09. The van der Waals surface area contributed by atoms with E-state index in [2.05, 4.69) is 4.98 Å². The van der Waals surface area contributed by atoms with Gasteiger partial charge in [0.15, 0.2) is 0 Å². The van der Waals surface area contributed by atoms with Crippen LogP contribution in [-0.4, -0.2) is 11.0 Å². The molecule has 0 radical (unpaired) electrons. The lowest BCUT2D eigenvalue weighted by Gasteiger charge is -2.05. The summed E-state index contributed by atoms with van der Waals surface area (Å²) in [5.74, 6) is -0.459. The second kappa shape index (κ2) is 5.05. The molecule has 1 aromatic heterocycles. The molecular weight excluding hydrogens is 250 g/mol. The maximum Gasteiger partial charge on any atom is 0.338 e. The summed E-state index contributed by atoms with van der Waals surface area (Å²) in [4.78, 5) is 16.0. The average Bonchev–Trinajstić information content (AvgIpc) is 2.70. The molecule has 0 aliphatic heterocycles. The van der Waals surface area contributed by atoms with Crippen molar-refractivity contribution in [2.45, 2.75) is 13.5 Å². The van der Waals surface area contributed by atoms with Crippen LogP contribution in [0.25, 0.3) is 0 Å². The topological polar surface area (TPSA) is 91.2 Å². The lowest BCUT2D eigenvalue weighted by atomic mass is 10.2. The van der Waals surface area contributed by atoms with Gasteiger partial charge in [-0.05, 0) is 25.1 Å². The van der Waals surface area contributed by atoms with Crippen molar-refractivity contribution < 1.29 is 9.53 Å². The number of anilines is 2. The first-order valence-corrected chi connectivity index (χ1v) is 6.17. The first-order valence-electron chi connectivity index (χ1n) is 5.29. The molecule has 0 saturated carbocycles. The van der Waals surface area contributed by atoms with E-state index in [0.717, 1.165) is 10.7 Å². The number of hydrogen-bond acceptors (Lipinski definition) is 6. The smallest absolute Gasteiger partial charge is 0.338 e. The molecule has 0 aliphatic carbocycles. The molecule has 5 nitrogen and oxygen atoms in total. The molecule has 0 atom stereocenters. The summed E-state index contributed by atoms with van der Waals surface area (Å²) < 4.78 is 5.13. The number of nitrogens with two attached hydrogens (primary N) is 2. The van der Waals surface area contributed by atoms with Gasteiger partial charge in [0.25, 0.3) is 0 Å². The molecule has 6 heteroatoms. The second-order valence-corrected chi connectivity index (χ2v) is 4.88. The van der Waals surface area contributed by atoms with Gasteiger partial charge in [-0.15, -0.1) is 11.3 Å². The molecule has 18 heavy (non-hydrogen) atoms. The van der Waals surface area contributed by atoms with Gasteiger partial charge in [0.1, 0.15) is 6.61 Å². The van der Waals surface area contributed by atoms with Crippen molar-refractivity contribution >= 4 is 28.7 Å². The van der Waals surface area contributed by atoms with Gasteiger partial charge in [-0.1, -0.05) is 0 Å². The van der Waals surface area contributed by atoms with E-state index in [9.17, 15) is 4.79 Å². The summed E-state index contributed by atoms with van der Waals surface area (Å²) >= 11 is 1.51. The van der Waals surface area contributed by atoms with Crippen LogP contribution < -0.4 is 11.5 Å². The maximum absolute atomic E-state index is 11.8. The summed E-state index contributed by atoms with van der Waals surface area (Å²) in [7, 11) is 0. The van der Waals surface area contributed by atoms with Gasteiger partial charge in [-0.3, -0.25) is 0 Å². The summed E-state index contributed by atoms with van der Waals surface area (Å²) in [5, 5.41) is 2.80. The Bertz CT molecular complexity index is 560. The van der Waals surface area contributed by atoms with Crippen molar-refractivity contribution in [3.05, 3.63) is 39.8 Å². The third-order valence-electron chi connectivity index (χ3n) is 2.23. The van der Waals surface area contributed by atoms with Gasteiger partial charge in [-0.25, -0.2) is 9.78 Å². The van der Waals surface area contributed by atoms with Crippen LogP contribution in [0.1, 0.15) is 21.1 Å². The van der Waals surface area contributed by atoms with Crippen molar-refractivity contribution in [1.29, 1.82) is 0 Å². The summed E-state index contributed by atoms with van der Waals surface area (Å²) in [5.41, 5.74) is 13.2. The summed E-state index contributed by atoms with van der Waals surface area (Å²) in [6, 6.07) is 4.65. The van der Waals surface area contributed by atoms with Gasteiger partial charge in [0, 0.05) is 16.8 Å². The minimum atomic E-state index is -0.459. The number of rotatable bonds is 3. The first-order chi connectivity index (χ1) is 8.54. The van der Waals surface area contributed by atoms with Crippen LogP contribution in [0.2, 0.25) is 0 Å². The van der Waals surface area contributed by atoms with Crippen molar-refractivity contribution in [2.24, 2.45) is 0 Å². The Balaban J connectivity index is 2.03. The highest BCUT2D eigenvalue weighted by Crippen LogP contribution is 2.15. The van der Waals surface area contributed by atoms with E-state index in [4.69, 9.17) is 16.2 Å². The van der Waals surface area contributed by atoms with Crippen molar-refractivity contribution in [1.82, 2.24) is 4.98 Å². The van der Waals surface area contributed by atoms with Crippen LogP contribution in [0.4, 0.5) is 11.4 Å². The van der Waals surface area contributed by atoms with Crippen LogP contribution in [0, 0.1) is 6.92 Å². The Kier molecular flexibility index (Phi) is 3.47. The van der Waals surface area contributed by atoms with E-state index < -0.39 is 5.97 Å². The quantitative estimate of drug-likeness (QED) is 0.652.